The van der Waals surface area contributed by atoms with Crippen molar-refractivity contribution in [3.8, 4) is 0 Å². The number of rotatable bonds is 1. The van der Waals surface area contributed by atoms with E-state index in [0.717, 1.165) is 0 Å². The van der Waals surface area contributed by atoms with Crippen molar-refractivity contribution in [3.05, 3.63) is 0 Å². The fraction of sp³-hybridized carbons (Fsp3) is 1.00. The van der Waals surface area contributed by atoms with Crippen molar-refractivity contribution in [1.82, 2.24) is 0 Å². The highest BCUT2D eigenvalue weighted by Gasteiger charge is 1.66. The highest BCUT2D eigenvalue weighted by atomic mass is 19.1. The second-order valence-electron chi connectivity index (χ2n) is 0.478. The molecule has 0 aromatic carbocycles. The van der Waals surface area contributed by atoms with Gasteiger partial charge in [-0.1, -0.05) is 0 Å². The summed E-state index contributed by atoms with van der Waals surface area (Å²) < 4.78 is 10.6. The van der Waals surface area contributed by atoms with E-state index in [-0.39, 0.29) is 7.41 Å². The SMILES string of the molecule is NBCF. The van der Waals surface area contributed by atoms with Gasteiger partial charge in [0.05, 0.1) is 6.57 Å². The lowest BCUT2D eigenvalue weighted by Crippen LogP contribution is -2.05. The van der Waals surface area contributed by atoms with E-state index < -0.39 is 6.57 Å². The first-order valence-corrected chi connectivity index (χ1v) is 1.18. The van der Waals surface area contributed by atoms with Crippen LogP contribution in [-0.4, -0.2) is 14.0 Å². The molecule has 0 aromatic heterocycles. The Hall–Kier alpha value is -0.0451. The Labute approximate surface area is 25.3 Å². The van der Waals surface area contributed by atoms with Gasteiger partial charge < -0.3 is 5.64 Å². The zero-order valence-electron chi connectivity index (χ0n) is 2.37. The lowest BCUT2D eigenvalue weighted by Gasteiger charge is -1.61. The van der Waals surface area contributed by atoms with Crippen LogP contribution in [0.15, 0.2) is 0 Å². The van der Waals surface area contributed by atoms with Crippen molar-refractivity contribution in [3.63, 3.8) is 0 Å². The second-order valence-corrected chi connectivity index (χ2v) is 0.478. The maximum Gasteiger partial charge on any atom is 0.234 e. The first-order chi connectivity index (χ1) is 1.91. The average molecular weight is 60.9 g/mol. The van der Waals surface area contributed by atoms with Crippen molar-refractivity contribution in [2.75, 3.05) is 6.57 Å². The summed E-state index contributed by atoms with van der Waals surface area (Å²) in [6, 6.07) is 0. The van der Waals surface area contributed by atoms with Gasteiger partial charge in [-0.05, 0) is 0 Å². The second kappa shape index (κ2) is 2.95. The molecule has 0 unspecified atom stereocenters. The van der Waals surface area contributed by atoms with Crippen molar-refractivity contribution >= 4 is 7.41 Å². The van der Waals surface area contributed by atoms with Crippen molar-refractivity contribution < 1.29 is 4.39 Å². The zero-order chi connectivity index (χ0) is 3.41. The molecule has 0 spiro atoms. The molecule has 0 bridgehead atoms. The van der Waals surface area contributed by atoms with E-state index in [1.54, 1.807) is 0 Å². The van der Waals surface area contributed by atoms with E-state index in [4.69, 9.17) is 0 Å². The molecule has 0 radical (unpaired) electrons. The van der Waals surface area contributed by atoms with Gasteiger partial charge in [-0.2, -0.15) is 0 Å². The Morgan fingerprint density at radius 2 is 2.25 bits per heavy atom. The third-order valence-corrected chi connectivity index (χ3v) is 0.109. The Bertz CT molecular complexity index is 10.0. The van der Waals surface area contributed by atoms with Gasteiger partial charge in [0.15, 0.2) is 0 Å². The molecular formula is CH5BFN. The standard InChI is InChI=1S/CH5BFN/c3-1-2-4/h2H,1,4H2. The molecule has 0 aliphatic rings. The third kappa shape index (κ3) is 1.95. The molecule has 0 aliphatic heterocycles. The summed E-state index contributed by atoms with van der Waals surface area (Å²) in [5.74, 6) is 0. The molecule has 24 valence electrons. The predicted molar refractivity (Wildman–Crippen MR) is 17.3 cm³/mol. The Balaban J connectivity index is 1.97. The molecule has 3 heteroatoms. The molecule has 0 saturated heterocycles. The van der Waals surface area contributed by atoms with Crippen LogP contribution >= 0.6 is 0 Å². The summed E-state index contributed by atoms with van der Waals surface area (Å²) >= 11 is 0. The summed E-state index contributed by atoms with van der Waals surface area (Å²) in [6.45, 7) is -0.403. The first-order valence-electron chi connectivity index (χ1n) is 1.18. The fourth-order valence-electron chi connectivity index (χ4n) is 0. The monoisotopic (exact) mass is 61.0 g/mol. The molecule has 0 aliphatic carbocycles. The van der Waals surface area contributed by atoms with E-state index in [1.807, 2.05) is 0 Å². The molecule has 0 amide bonds. The van der Waals surface area contributed by atoms with E-state index in [0.29, 0.717) is 0 Å². The smallest absolute Gasteiger partial charge is 0.234 e. The summed E-state index contributed by atoms with van der Waals surface area (Å²) in [7, 11) is 0.153. The van der Waals surface area contributed by atoms with Crippen LogP contribution in [0.5, 0.6) is 0 Å². The van der Waals surface area contributed by atoms with Gasteiger partial charge in [0.1, 0.15) is 0 Å². The lowest BCUT2D eigenvalue weighted by molar-refractivity contribution is 0.593. The van der Waals surface area contributed by atoms with Gasteiger partial charge in [0.25, 0.3) is 0 Å². The molecule has 0 aromatic rings. The summed E-state index contributed by atoms with van der Waals surface area (Å²) in [5.41, 5.74) is 4.65. The van der Waals surface area contributed by atoms with Crippen LogP contribution in [0.2, 0.25) is 0 Å². The van der Waals surface area contributed by atoms with E-state index >= 15 is 0 Å². The normalized spacial score (nSPS) is 6.50. The third-order valence-electron chi connectivity index (χ3n) is 0.109. The zero-order valence-corrected chi connectivity index (χ0v) is 2.37. The molecule has 0 fully saturated rings. The summed E-state index contributed by atoms with van der Waals surface area (Å²) in [4.78, 5) is 0. The Kier molecular flexibility index (Phi) is 2.92. The van der Waals surface area contributed by atoms with Gasteiger partial charge >= 0.3 is 0 Å². The molecular weight excluding hydrogens is 55.8 g/mol. The Morgan fingerprint density at radius 1 is 2.00 bits per heavy atom. The number of nitrogens with two attached hydrogens (primary N) is 1. The van der Waals surface area contributed by atoms with Crippen LogP contribution in [0, 0.1) is 0 Å². The number of halogens is 1. The van der Waals surface area contributed by atoms with Crippen LogP contribution in [-0.2, 0) is 0 Å². The van der Waals surface area contributed by atoms with Gasteiger partial charge in [0.2, 0.25) is 7.41 Å². The number of alkyl halides is 1. The molecule has 0 rings (SSSR count). The predicted octanol–water partition coefficient (Wildman–Crippen LogP) is -0.776. The molecule has 1 nitrogen and oxygen atoms in total. The lowest BCUT2D eigenvalue weighted by atomic mass is 10.0. The van der Waals surface area contributed by atoms with Crippen molar-refractivity contribution in [2.24, 2.45) is 5.64 Å². The maximum absolute atomic E-state index is 10.6. The van der Waals surface area contributed by atoms with Crippen LogP contribution in [0.4, 0.5) is 4.39 Å². The minimum absolute atomic E-state index is 0.153. The van der Waals surface area contributed by atoms with Crippen LogP contribution in [0.25, 0.3) is 0 Å². The highest BCUT2D eigenvalue weighted by Crippen LogP contribution is 1.46. The molecule has 0 heterocycles. The molecule has 2 N–H and O–H groups in total. The Morgan fingerprint density at radius 3 is 2.25 bits per heavy atom. The van der Waals surface area contributed by atoms with Crippen LogP contribution in [0.1, 0.15) is 0 Å². The van der Waals surface area contributed by atoms with E-state index in [1.165, 1.54) is 0 Å². The van der Waals surface area contributed by atoms with E-state index in [2.05, 4.69) is 5.64 Å². The molecule has 0 saturated carbocycles. The van der Waals surface area contributed by atoms with Gasteiger partial charge in [-0.25, -0.2) is 0 Å². The van der Waals surface area contributed by atoms with Crippen molar-refractivity contribution in [2.45, 2.75) is 0 Å². The number of hydrogen-bond donors (Lipinski definition) is 1. The molecule has 4 heavy (non-hydrogen) atoms. The highest BCUT2D eigenvalue weighted by molar-refractivity contribution is 6.30. The average Bonchev–Trinajstić information content (AvgIpc) is 1.37. The largest absolute Gasteiger partial charge is 0.371 e. The van der Waals surface area contributed by atoms with Gasteiger partial charge in [-0.3, -0.25) is 4.39 Å². The van der Waals surface area contributed by atoms with E-state index in [9.17, 15) is 4.39 Å². The minimum atomic E-state index is -0.403. The topological polar surface area (TPSA) is 26.0 Å². The maximum atomic E-state index is 10.6. The van der Waals surface area contributed by atoms with Gasteiger partial charge in [0, 0.05) is 0 Å². The number of hydrogen-bond acceptors (Lipinski definition) is 1. The van der Waals surface area contributed by atoms with Crippen molar-refractivity contribution in [1.29, 1.82) is 0 Å². The minimum Gasteiger partial charge on any atom is -0.371 e. The summed E-state index contributed by atoms with van der Waals surface area (Å²) in [6.07, 6.45) is 0. The summed E-state index contributed by atoms with van der Waals surface area (Å²) in [5, 5.41) is 0. The van der Waals surface area contributed by atoms with Crippen LogP contribution in [0.3, 0.4) is 0 Å². The quantitative estimate of drug-likeness (QED) is 0.395. The first kappa shape index (κ1) is 3.95. The fourth-order valence-corrected chi connectivity index (χ4v) is 0. The van der Waals surface area contributed by atoms with Crippen LogP contribution < -0.4 is 5.64 Å². The molecule has 0 atom stereocenters. The van der Waals surface area contributed by atoms with Gasteiger partial charge in [-0.15, -0.1) is 0 Å².